The minimum absolute atomic E-state index is 0.416. The number of thiophene rings is 2. The zero-order valence-electron chi connectivity index (χ0n) is 11.8. The molecule has 0 aliphatic heterocycles. The Morgan fingerprint density at radius 3 is 2.86 bits per heavy atom. The molecule has 0 radical (unpaired) electrons. The van der Waals surface area contributed by atoms with Crippen LogP contribution in [0.5, 0.6) is 0 Å². The van der Waals surface area contributed by atoms with E-state index in [2.05, 4.69) is 20.3 Å². The third-order valence-electron chi connectivity index (χ3n) is 3.53. The highest BCUT2D eigenvalue weighted by atomic mass is 32.1. The normalized spacial score (nSPS) is 11.4. The molecule has 8 heteroatoms. The van der Waals surface area contributed by atoms with Crippen LogP contribution in [0.1, 0.15) is 11.3 Å². The van der Waals surface area contributed by atoms with Crippen molar-refractivity contribution in [2.24, 2.45) is 0 Å². The monoisotopic (exact) mass is 329 g/mol. The van der Waals surface area contributed by atoms with Crippen molar-refractivity contribution in [2.75, 3.05) is 5.73 Å². The SMILES string of the molecule is Cc1nnc2sc(-c3nc(-c4ccsc4)no3)c(N)c2c1C. The van der Waals surface area contributed by atoms with Crippen LogP contribution in [0.25, 0.3) is 32.4 Å². The highest BCUT2D eigenvalue weighted by molar-refractivity contribution is 7.22. The molecule has 0 spiro atoms. The van der Waals surface area contributed by atoms with Gasteiger partial charge in [-0.15, -0.1) is 16.4 Å². The first-order valence-electron chi connectivity index (χ1n) is 6.53. The second-order valence-electron chi connectivity index (χ2n) is 4.87. The molecule has 22 heavy (non-hydrogen) atoms. The van der Waals surface area contributed by atoms with Gasteiger partial charge in [-0.05, 0) is 30.9 Å². The molecule has 0 fully saturated rings. The molecule has 2 N–H and O–H groups in total. The Bertz CT molecular complexity index is 971. The van der Waals surface area contributed by atoms with Gasteiger partial charge in [0.05, 0.1) is 11.4 Å². The number of hydrogen-bond acceptors (Lipinski definition) is 8. The Morgan fingerprint density at radius 1 is 1.23 bits per heavy atom. The molecule has 0 atom stereocenters. The molecular formula is C14H11N5OS2. The summed E-state index contributed by atoms with van der Waals surface area (Å²) in [4.78, 5) is 5.97. The van der Waals surface area contributed by atoms with Crippen molar-refractivity contribution in [3.63, 3.8) is 0 Å². The second kappa shape index (κ2) is 4.85. The van der Waals surface area contributed by atoms with Gasteiger partial charge in [-0.2, -0.15) is 21.4 Å². The molecule has 6 nitrogen and oxygen atoms in total. The molecule has 0 unspecified atom stereocenters. The molecule has 4 aromatic heterocycles. The highest BCUT2D eigenvalue weighted by Gasteiger charge is 2.20. The van der Waals surface area contributed by atoms with Crippen molar-refractivity contribution < 1.29 is 4.52 Å². The van der Waals surface area contributed by atoms with Gasteiger partial charge >= 0.3 is 0 Å². The number of aromatic nitrogens is 4. The van der Waals surface area contributed by atoms with Crippen LogP contribution in [0, 0.1) is 13.8 Å². The van der Waals surface area contributed by atoms with Crippen molar-refractivity contribution >= 4 is 38.6 Å². The average Bonchev–Trinajstić information content (AvgIpc) is 3.22. The summed E-state index contributed by atoms with van der Waals surface area (Å²) in [5.41, 5.74) is 9.74. The van der Waals surface area contributed by atoms with Crippen molar-refractivity contribution in [3.8, 4) is 22.2 Å². The number of nitrogens with zero attached hydrogens (tertiary/aromatic N) is 4. The van der Waals surface area contributed by atoms with E-state index in [-0.39, 0.29) is 0 Å². The van der Waals surface area contributed by atoms with E-state index >= 15 is 0 Å². The number of aryl methyl sites for hydroxylation is 2. The van der Waals surface area contributed by atoms with Crippen molar-refractivity contribution in [1.82, 2.24) is 20.3 Å². The van der Waals surface area contributed by atoms with Crippen molar-refractivity contribution in [1.29, 1.82) is 0 Å². The standard InChI is InChI=1S/C14H11N5OS2/c1-6-7(2)17-18-14-9(6)10(15)11(22-14)13-16-12(19-20-13)8-3-4-21-5-8/h3-5H,15H2,1-2H3. The molecule has 0 aliphatic rings. The maximum atomic E-state index is 6.29. The second-order valence-corrected chi connectivity index (χ2v) is 6.65. The lowest BCUT2D eigenvalue weighted by Gasteiger charge is -1.99. The maximum Gasteiger partial charge on any atom is 0.270 e. The van der Waals surface area contributed by atoms with Crippen molar-refractivity contribution in [3.05, 3.63) is 28.1 Å². The molecule has 0 saturated heterocycles. The van der Waals surface area contributed by atoms with Gasteiger partial charge < -0.3 is 10.3 Å². The number of anilines is 1. The first-order valence-corrected chi connectivity index (χ1v) is 8.29. The van der Waals surface area contributed by atoms with E-state index in [4.69, 9.17) is 10.3 Å². The zero-order chi connectivity index (χ0) is 15.3. The Hall–Kier alpha value is -2.32. The topological polar surface area (TPSA) is 90.7 Å². The number of nitrogens with two attached hydrogens (primary N) is 1. The largest absolute Gasteiger partial charge is 0.397 e. The lowest BCUT2D eigenvalue weighted by molar-refractivity contribution is 0.433. The minimum atomic E-state index is 0.416. The van der Waals surface area contributed by atoms with E-state index in [9.17, 15) is 0 Å². The van der Waals surface area contributed by atoms with Crippen LogP contribution >= 0.6 is 22.7 Å². The van der Waals surface area contributed by atoms with Crippen LogP contribution in [-0.4, -0.2) is 20.3 Å². The van der Waals surface area contributed by atoms with Crippen LogP contribution in [0.3, 0.4) is 0 Å². The Labute approximate surface area is 133 Å². The van der Waals surface area contributed by atoms with E-state index in [0.29, 0.717) is 17.4 Å². The first kappa shape index (κ1) is 13.4. The summed E-state index contributed by atoms with van der Waals surface area (Å²) in [6.45, 7) is 3.91. The Balaban J connectivity index is 1.88. The van der Waals surface area contributed by atoms with Gasteiger partial charge in [-0.3, -0.25) is 0 Å². The molecule has 0 bridgehead atoms. The van der Waals surface area contributed by atoms with Gasteiger partial charge in [-0.1, -0.05) is 5.16 Å². The fourth-order valence-electron chi connectivity index (χ4n) is 2.22. The van der Waals surface area contributed by atoms with E-state index in [1.54, 1.807) is 11.3 Å². The summed E-state index contributed by atoms with van der Waals surface area (Å²) >= 11 is 3.01. The van der Waals surface area contributed by atoms with E-state index in [1.807, 2.05) is 30.7 Å². The molecule has 0 aromatic carbocycles. The van der Waals surface area contributed by atoms with Crippen molar-refractivity contribution in [2.45, 2.75) is 13.8 Å². The predicted octanol–water partition coefficient (Wildman–Crippen LogP) is 3.67. The molecule has 4 rings (SSSR count). The fourth-order valence-corrected chi connectivity index (χ4v) is 3.88. The average molecular weight is 329 g/mol. The lowest BCUT2D eigenvalue weighted by Crippen LogP contribution is -1.93. The zero-order valence-corrected chi connectivity index (χ0v) is 13.5. The predicted molar refractivity (Wildman–Crippen MR) is 87.9 cm³/mol. The molecule has 110 valence electrons. The number of hydrogen-bond donors (Lipinski definition) is 1. The van der Waals surface area contributed by atoms with E-state index in [1.165, 1.54) is 11.3 Å². The van der Waals surface area contributed by atoms with Gasteiger partial charge in [0.1, 0.15) is 9.71 Å². The summed E-state index contributed by atoms with van der Waals surface area (Å²) in [6.07, 6.45) is 0. The van der Waals surface area contributed by atoms with E-state index in [0.717, 1.165) is 31.9 Å². The molecule has 4 heterocycles. The summed E-state index contributed by atoms with van der Waals surface area (Å²) in [7, 11) is 0. The minimum Gasteiger partial charge on any atom is -0.397 e. The third-order valence-corrected chi connectivity index (χ3v) is 5.30. The van der Waals surface area contributed by atoms with Crippen LogP contribution < -0.4 is 5.73 Å². The molecular weight excluding hydrogens is 318 g/mol. The van der Waals surface area contributed by atoms with Gasteiger partial charge in [-0.25, -0.2) is 0 Å². The van der Waals surface area contributed by atoms with Gasteiger partial charge in [0.15, 0.2) is 0 Å². The maximum absolute atomic E-state index is 6.29. The Morgan fingerprint density at radius 2 is 2.09 bits per heavy atom. The Kier molecular flexibility index (Phi) is 2.95. The summed E-state index contributed by atoms with van der Waals surface area (Å²) < 4.78 is 5.38. The van der Waals surface area contributed by atoms with E-state index < -0.39 is 0 Å². The third kappa shape index (κ3) is 1.92. The molecule has 0 aliphatic carbocycles. The van der Waals surface area contributed by atoms with Gasteiger partial charge in [0.25, 0.3) is 5.89 Å². The number of fused-ring (bicyclic) bond motifs is 1. The number of nitrogen functional groups attached to an aromatic ring is 1. The summed E-state index contributed by atoms with van der Waals surface area (Å²) in [5, 5.41) is 17.2. The molecule has 0 saturated carbocycles. The summed E-state index contributed by atoms with van der Waals surface area (Å²) in [5.74, 6) is 0.978. The van der Waals surface area contributed by atoms with Gasteiger partial charge in [0, 0.05) is 16.3 Å². The smallest absolute Gasteiger partial charge is 0.270 e. The van der Waals surface area contributed by atoms with Crippen LogP contribution in [0.15, 0.2) is 21.3 Å². The molecule has 0 amide bonds. The fraction of sp³-hybridized carbons (Fsp3) is 0.143. The van der Waals surface area contributed by atoms with Crippen LogP contribution in [-0.2, 0) is 0 Å². The first-order chi connectivity index (χ1) is 10.6. The van der Waals surface area contributed by atoms with Gasteiger partial charge in [0.2, 0.25) is 5.82 Å². The lowest BCUT2D eigenvalue weighted by atomic mass is 10.1. The highest BCUT2D eigenvalue weighted by Crippen LogP contribution is 2.41. The molecule has 4 aromatic rings. The van der Waals surface area contributed by atoms with Crippen LogP contribution in [0.4, 0.5) is 5.69 Å². The van der Waals surface area contributed by atoms with Crippen LogP contribution in [0.2, 0.25) is 0 Å². The quantitative estimate of drug-likeness (QED) is 0.603. The summed E-state index contributed by atoms with van der Waals surface area (Å²) in [6, 6.07) is 1.95. The number of rotatable bonds is 2.